The van der Waals surface area contributed by atoms with Crippen LogP contribution in [-0.4, -0.2) is 32.3 Å². The van der Waals surface area contributed by atoms with Crippen LogP contribution in [0.5, 0.6) is 5.88 Å². The molecule has 1 aliphatic rings. The highest BCUT2D eigenvalue weighted by Crippen LogP contribution is 2.28. The number of aromatic nitrogens is 2. The molecule has 3 N–H and O–H groups in total. The third kappa shape index (κ3) is 5.33. The second kappa shape index (κ2) is 10.7. The van der Waals surface area contributed by atoms with Crippen molar-refractivity contribution in [2.24, 2.45) is 0 Å². The van der Waals surface area contributed by atoms with Crippen LogP contribution >= 0.6 is 0 Å². The number of allylic oxidation sites excluding steroid dienone is 4. The highest BCUT2D eigenvalue weighted by Gasteiger charge is 2.39. The topological polar surface area (TPSA) is 138 Å². The maximum Gasteiger partial charge on any atom is 0.335 e. The van der Waals surface area contributed by atoms with Crippen LogP contribution in [0.2, 0.25) is 0 Å². The fraction of sp³-hybridized carbons (Fsp3) is 0.167. The van der Waals surface area contributed by atoms with Gasteiger partial charge in [-0.25, -0.2) is 9.36 Å². The van der Waals surface area contributed by atoms with E-state index < -0.39 is 40.6 Å². The zero-order valence-corrected chi connectivity index (χ0v) is 21.9. The molecule has 0 radical (unpaired) electrons. The molecule has 2 aromatic carbocycles. The number of carbonyl (C=O) groups excluding carboxylic acids is 3. The number of nitrogens with zero attached hydrogens (tertiary/aromatic N) is 1. The van der Waals surface area contributed by atoms with Crippen molar-refractivity contribution in [3.8, 4) is 11.6 Å². The van der Waals surface area contributed by atoms with Crippen LogP contribution in [-0.2, 0) is 14.4 Å². The summed E-state index contributed by atoms with van der Waals surface area (Å²) in [4.78, 5) is 65.0. The van der Waals surface area contributed by atoms with Crippen LogP contribution < -0.4 is 16.6 Å². The number of ketones is 1. The first-order valence-electron chi connectivity index (χ1n) is 12.2. The molecule has 9 nitrogen and oxygen atoms in total. The first kappa shape index (κ1) is 27.0. The molecule has 1 unspecified atom stereocenters. The van der Waals surface area contributed by atoms with Crippen molar-refractivity contribution in [1.29, 1.82) is 0 Å². The van der Waals surface area contributed by atoms with Crippen molar-refractivity contribution in [3.05, 3.63) is 120 Å². The summed E-state index contributed by atoms with van der Waals surface area (Å²) >= 11 is 0. The van der Waals surface area contributed by atoms with Gasteiger partial charge in [0.05, 0.1) is 11.3 Å². The van der Waals surface area contributed by atoms with E-state index in [2.05, 4.69) is 10.3 Å². The number of imide groups is 1. The van der Waals surface area contributed by atoms with Crippen molar-refractivity contribution in [3.63, 3.8) is 0 Å². The Morgan fingerprint density at radius 1 is 0.846 bits per heavy atom. The minimum atomic E-state index is -1.14. The summed E-state index contributed by atoms with van der Waals surface area (Å²) in [6.07, 6.45) is 6.85. The Hall–Kier alpha value is -5.05. The third-order valence-corrected chi connectivity index (χ3v) is 6.47. The van der Waals surface area contributed by atoms with E-state index in [9.17, 15) is 29.1 Å². The van der Waals surface area contributed by atoms with E-state index in [1.165, 1.54) is 30.4 Å². The summed E-state index contributed by atoms with van der Waals surface area (Å²) in [6.45, 7) is 7.38. The normalized spacial score (nSPS) is 17.0. The molecule has 0 spiro atoms. The first-order valence-corrected chi connectivity index (χ1v) is 12.2. The molecular weight excluding hydrogens is 498 g/mol. The van der Waals surface area contributed by atoms with Gasteiger partial charge in [-0.15, -0.1) is 0 Å². The summed E-state index contributed by atoms with van der Waals surface area (Å²) in [7, 11) is 0. The molecule has 9 heteroatoms. The number of hydrogen-bond donors (Lipinski definition) is 3. The van der Waals surface area contributed by atoms with Gasteiger partial charge in [0.2, 0.25) is 11.8 Å². The van der Waals surface area contributed by atoms with Crippen molar-refractivity contribution in [2.75, 3.05) is 0 Å². The second-order valence-corrected chi connectivity index (χ2v) is 9.42. The van der Waals surface area contributed by atoms with Crippen LogP contribution in [0.4, 0.5) is 0 Å². The van der Waals surface area contributed by atoms with E-state index in [1.807, 2.05) is 26.0 Å². The lowest BCUT2D eigenvalue weighted by atomic mass is 9.83. The molecule has 0 bridgehead atoms. The Labute approximate surface area is 223 Å². The Morgan fingerprint density at radius 3 is 2.18 bits per heavy atom. The predicted octanol–water partition coefficient (Wildman–Crippen LogP) is 2.97. The SMILES string of the molecule is Cc1ccc(C2C(=O)NC(=O)\C(=C/C=C/C=C/c3c(O)n(-c4ccc(C)cc4C)c(=O)[nH]c3=O)C2=O)c(C)c1. The number of H-pyrrole nitrogens is 1. The van der Waals surface area contributed by atoms with E-state index in [0.717, 1.165) is 26.8 Å². The molecule has 2 heterocycles. The second-order valence-electron chi connectivity index (χ2n) is 9.42. The van der Waals surface area contributed by atoms with Crippen molar-refractivity contribution < 1.29 is 19.5 Å². The molecule has 1 atom stereocenters. The summed E-state index contributed by atoms with van der Waals surface area (Å²) in [5, 5.41) is 13.0. The lowest BCUT2D eigenvalue weighted by Gasteiger charge is -2.23. The van der Waals surface area contributed by atoms with Crippen molar-refractivity contribution >= 4 is 23.7 Å². The predicted molar refractivity (Wildman–Crippen MR) is 147 cm³/mol. The highest BCUT2D eigenvalue weighted by atomic mass is 16.3. The van der Waals surface area contributed by atoms with Crippen LogP contribution in [0.15, 0.2) is 75.9 Å². The average Bonchev–Trinajstić information content (AvgIpc) is 2.84. The Balaban J connectivity index is 1.62. The maximum absolute atomic E-state index is 13.1. The molecule has 1 aliphatic heterocycles. The van der Waals surface area contributed by atoms with Gasteiger partial charge in [-0.1, -0.05) is 59.7 Å². The molecule has 1 saturated heterocycles. The molecule has 3 aromatic rings. The van der Waals surface area contributed by atoms with Crippen LogP contribution in [0.25, 0.3) is 11.8 Å². The van der Waals surface area contributed by atoms with E-state index >= 15 is 0 Å². The van der Waals surface area contributed by atoms with Crippen molar-refractivity contribution in [1.82, 2.24) is 14.9 Å². The number of aromatic hydroxyl groups is 1. The van der Waals surface area contributed by atoms with Crippen molar-refractivity contribution in [2.45, 2.75) is 33.6 Å². The third-order valence-electron chi connectivity index (χ3n) is 6.47. The number of benzene rings is 2. The lowest BCUT2D eigenvalue weighted by Crippen LogP contribution is -2.46. The minimum absolute atomic E-state index is 0.154. The van der Waals surface area contributed by atoms with Crippen LogP contribution in [0, 0.1) is 27.7 Å². The van der Waals surface area contributed by atoms with Gasteiger partial charge < -0.3 is 5.11 Å². The Kier molecular flexibility index (Phi) is 7.44. The van der Waals surface area contributed by atoms with Gasteiger partial charge in [-0.2, -0.15) is 0 Å². The molecule has 4 rings (SSSR count). The largest absolute Gasteiger partial charge is 0.494 e. The fourth-order valence-electron chi connectivity index (χ4n) is 4.56. The monoisotopic (exact) mass is 525 g/mol. The molecule has 198 valence electrons. The number of nitrogens with one attached hydrogen (secondary N) is 2. The van der Waals surface area contributed by atoms with E-state index in [0.29, 0.717) is 11.3 Å². The number of amides is 2. The molecule has 2 amide bonds. The number of piperidine rings is 1. The standard InChI is InChI=1S/C30H27N3O6/c1-16-10-12-20(18(3)14-16)24-25(34)21(26(35)31-28(24)37)8-6-5-7-9-22-27(36)32-30(39)33(29(22)38)23-13-11-17(2)15-19(23)4/h5-15,24,38H,1-4H3,(H,31,35,37)(H,32,36,39)/b6-5+,9-7+,21-8-. The quantitative estimate of drug-likeness (QED) is 0.154. The van der Waals surface area contributed by atoms with Gasteiger partial charge in [-0.05, 0) is 62.6 Å². The maximum atomic E-state index is 13.1. The van der Waals surface area contributed by atoms with Gasteiger partial charge in [-0.3, -0.25) is 29.5 Å². The zero-order chi connectivity index (χ0) is 28.4. The summed E-state index contributed by atoms with van der Waals surface area (Å²) in [5.74, 6) is -3.75. The van der Waals surface area contributed by atoms with Gasteiger partial charge in [0.1, 0.15) is 11.5 Å². The molecular formula is C30H27N3O6. The Bertz CT molecular complexity index is 1740. The van der Waals surface area contributed by atoms with E-state index in [4.69, 9.17) is 0 Å². The number of hydrogen-bond acceptors (Lipinski definition) is 6. The Morgan fingerprint density at radius 2 is 1.51 bits per heavy atom. The molecule has 0 saturated carbocycles. The minimum Gasteiger partial charge on any atom is -0.494 e. The van der Waals surface area contributed by atoms with Gasteiger partial charge in [0, 0.05) is 0 Å². The summed E-state index contributed by atoms with van der Waals surface area (Å²) < 4.78 is 1.01. The lowest BCUT2D eigenvalue weighted by molar-refractivity contribution is -0.136. The zero-order valence-electron chi connectivity index (χ0n) is 21.9. The number of aryl methyl sites for hydroxylation is 4. The van der Waals surface area contributed by atoms with E-state index in [1.54, 1.807) is 38.1 Å². The summed E-state index contributed by atoms with van der Waals surface area (Å²) in [5.41, 5.74) is 2.50. The van der Waals surface area contributed by atoms with E-state index in [-0.39, 0.29) is 11.1 Å². The first-order chi connectivity index (χ1) is 18.5. The highest BCUT2D eigenvalue weighted by molar-refractivity contribution is 6.34. The number of Topliss-reactive ketones (excluding diaryl/α,β-unsaturated/α-hetero) is 1. The van der Waals surface area contributed by atoms with Gasteiger partial charge in [0.25, 0.3) is 11.5 Å². The summed E-state index contributed by atoms with van der Waals surface area (Å²) in [6, 6.07) is 10.7. The molecule has 1 fully saturated rings. The average molecular weight is 526 g/mol. The number of carbonyl (C=O) groups is 3. The number of aromatic amines is 1. The van der Waals surface area contributed by atoms with Crippen LogP contribution in [0.3, 0.4) is 0 Å². The van der Waals surface area contributed by atoms with Gasteiger partial charge >= 0.3 is 5.69 Å². The smallest absolute Gasteiger partial charge is 0.335 e. The molecule has 0 aliphatic carbocycles. The number of rotatable bonds is 5. The molecule has 1 aromatic heterocycles. The molecule has 39 heavy (non-hydrogen) atoms. The van der Waals surface area contributed by atoms with Gasteiger partial charge in [0.15, 0.2) is 5.78 Å². The van der Waals surface area contributed by atoms with Crippen LogP contribution in [0.1, 0.15) is 39.3 Å². The fourth-order valence-corrected chi connectivity index (χ4v) is 4.56.